The van der Waals surface area contributed by atoms with Crippen LogP contribution in [0.3, 0.4) is 0 Å². The molecule has 0 spiro atoms. The van der Waals surface area contributed by atoms with Crippen molar-refractivity contribution in [3.63, 3.8) is 0 Å². The molecule has 6 heteroatoms. The molecule has 6 nitrogen and oxygen atoms in total. The van der Waals surface area contributed by atoms with Crippen molar-refractivity contribution in [2.24, 2.45) is 7.05 Å². The van der Waals surface area contributed by atoms with Gasteiger partial charge in [-0.3, -0.25) is 9.48 Å². The minimum absolute atomic E-state index is 0.0213. The highest BCUT2D eigenvalue weighted by molar-refractivity contribution is 5.92. The number of hydrogen-bond donors (Lipinski definition) is 0. The lowest BCUT2D eigenvalue weighted by Crippen LogP contribution is -2.40. The molecular weight excluding hydrogens is 278 g/mol. The molecule has 0 bridgehead atoms. The molecule has 0 aromatic carbocycles. The number of carbonyl (C=O) groups excluding carboxylic acids is 1. The molecule has 1 atom stereocenters. The third kappa shape index (κ3) is 2.77. The van der Waals surface area contributed by atoms with Crippen molar-refractivity contribution >= 4 is 5.91 Å². The van der Waals surface area contributed by atoms with E-state index in [1.54, 1.807) is 16.9 Å². The van der Waals surface area contributed by atoms with Crippen molar-refractivity contribution in [2.75, 3.05) is 13.1 Å². The van der Waals surface area contributed by atoms with Crippen LogP contribution < -0.4 is 0 Å². The predicted molar refractivity (Wildman–Crippen MR) is 83.7 cm³/mol. The maximum Gasteiger partial charge on any atom is 0.274 e. The number of likely N-dealkylation sites (tertiary alicyclic amines) is 1. The van der Waals surface area contributed by atoms with Gasteiger partial charge >= 0.3 is 0 Å². The zero-order valence-corrected chi connectivity index (χ0v) is 13.4. The summed E-state index contributed by atoms with van der Waals surface area (Å²) in [7, 11) is 1.83. The second-order valence-corrected chi connectivity index (χ2v) is 6.25. The summed E-state index contributed by atoms with van der Waals surface area (Å²) in [5.41, 5.74) is 0.523. The summed E-state index contributed by atoms with van der Waals surface area (Å²) < 4.78 is 3.87. The molecule has 22 heavy (non-hydrogen) atoms. The summed E-state index contributed by atoms with van der Waals surface area (Å²) in [5, 5.41) is 4.22. The average molecular weight is 301 g/mol. The van der Waals surface area contributed by atoms with E-state index in [4.69, 9.17) is 0 Å². The Bertz CT molecular complexity index is 657. The fourth-order valence-electron chi connectivity index (χ4n) is 3.14. The third-order valence-corrected chi connectivity index (χ3v) is 4.26. The van der Waals surface area contributed by atoms with Gasteiger partial charge in [0.1, 0.15) is 11.5 Å². The number of aromatic nitrogens is 4. The summed E-state index contributed by atoms with van der Waals surface area (Å²) in [6.07, 6.45) is 7.78. The molecule has 2 aromatic rings. The predicted octanol–water partition coefficient (Wildman–Crippen LogP) is 2.22. The Balaban J connectivity index is 1.77. The Morgan fingerprint density at radius 2 is 2.18 bits per heavy atom. The number of rotatable bonds is 3. The maximum absolute atomic E-state index is 12.6. The SMILES string of the molecule is CC(C)n1ccnc1[C@@H]1CCCN(C(=O)c2ccn(C)n2)C1. The lowest BCUT2D eigenvalue weighted by Gasteiger charge is -2.32. The van der Waals surface area contributed by atoms with E-state index >= 15 is 0 Å². The summed E-state index contributed by atoms with van der Waals surface area (Å²) in [5.74, 6) is 1.42. The van der Waals surface area contributed by atoms with Crippen molar-refractivity contribution in [1.82, 2.24) is 24.2 Å². The Hall–Kier alpha value is -2.11. The van der Waals surface area contributed by atoms with Gasteiger partial charge in [-0.1, -0.05) is 0 Å². The van der Waals surface area contributed by atoms with Crippen LogP contribution in [0.2, 0.25) is 0 Å². The molecule has 1 amide bonds. The van der Waals surface area contributed by atoms with Gasteiger partial charge in [0.15, 0.2) is 0 Å². The molecule has 3 rings (SSSR count). The standard InChI is InChI=1S/C16H23N5O/c1-12(2)21-10-7-17-15(21)13-5-4-8-20(11-13)16(22)14-6-9-19(3)18-14/h6-7,9-10,12-13H,4-5,8,11H2,1-3H3/t13-/m1/s1. The van der Waals surface area contributed by atoms with E-state index in [9.17, 15) is 4.79 Å². The van der Waals surface area contributed by atoms with Crippen molar-refractivity contribution in [2.45, 2.75) is 38.6 Å². The minimum atomic E-state index is 0.0213. The highest BCUT2D eigenvalue weighted by Crippen LogP contribution is 2.28. The van der Waals surface area contributed by atoms with Crippen molar-refractivity contribution in [1.29, 1.82) is 0 Å². The second-order valence-electron chi connectivity index (χ2n) is 6.25. The summed E-state index contributed by atoms with van der Waals surface area (Å²) in [4.78, 5) is 19.0. The summed E-state index contributed by atoms with van der Waals surface area (Å²) in [6.45, 7) is 5.84. The molecule has 1 fully saturated rings. The first-order valence-corrected chi connectivity index (χ1v) is 7.88. The van der Waals surface area contributed by atoms with Crippen LogP contribution in [0.4, 0.5) is 0 Å². The lowest BCUT2D eigenvalue weighted by molar-refractivity contribution is 0.0696. The number of imidazole rings is 1. The monoisotopic (exact) mass is 301 g/mol. The van der Waals surface area contributed by atoms with Crippen LogP contribution in [0, 0.1) is 0 Å². The first-order valence-electron chi connectivity index (χ1n) is 7.88. The van der Waals surface area contributed by atoms with Gasteiger partial charge in [-0.2, -0.15) is 5.10 Å². The molecule has 1 saturated heterocycles. The molecule has 0 N–H and O–H groups in total. The van der Waals surface area contributed by atoms with Gasteiger partial charge in [0, 0.05) is 50.7 Å². The van der Waals surface area contributed by atoms with Crippen molar-refractivity contribution in [3.8, 4) is 0 Å². The molecule has 3 heterocycles. The van der Waals surface area contributed by atoms with Crippen molar-refractivity contribution < 1.29 is 4.79 Å². The van der Waals surface area contributed by atoms with E-state index in [1.165, 1.54) is 0 Å². The Labute approximate surface area is 130 Å². The van der Waals surface area contributed by atoms with Gasteiger partial charge in [0.25, 0.3) is 5.91 Å². The van der Waals surface area contributed by atoms with E-state index in [1.807, 2.05) is 24.3 Å². The molecule has 0 radical (unpaired) electrons. The molecule has 1 aliphatic heterocycles. The largest absolute Gasteiger partial charge is 0.337 e. The van der Waals surface area contributed by atoms with Crippen LogP contribution in [0.15, 0.2) is 24.7 Å². The smallest absolute Gasteiger partial charge is 0.274 e. The average Bonchev–Trinajstić information content (AvgIpc) is 3.15. The van der Waals surface area contributed by atoms with Crippen LogP contribution >= 0.6 is 0 Å². The number of carbonyl (C=O) groups is 1. The number of amides is 1. The minimum Gasteiger partial charge on any atom is -0.337 e. The summed E-state index contributed by atoms with van der Waals surface area (Å²) >= 11 is 0. The molecule has 0 unspecified atom stereocenters. The van der Waals surface area contributed by atoms with Crippen molar-refractivity contribution in [3.05, 3.63) is 36.2 Å². The molecule has 2 aromatic heterocycles. The highest BCUT2D eigenvalue weighted by Gasteiger charge is 2.29. The third-order valence-electron chi connectivity index (χ3n) is 4.26. The Morgan fingerprint density at radius 3 is 2.86 bits per heavy atom. The van der Waals surface area contributed by atoms with Gasteiger partial charge in [-0.15, -0.1) is 0 Å². The molecular formula is C16H23N5O. The first-order chi connectivity index (χ1) is 10.6. The Kier molecular flexibility index (Phi) is 4.00. The van der Waals surface area contributed by atoms with Gasteiger partial charge in [-0.25, -0.2) is 4.98 Å². The Morgan fingerprint density at radius 1 is 1.36 bits per heavy atom. The maximum atomic E-state index is 12.6. The number of piperidine rings is 1. The molecule has 0 aliphatic carbocycles. The van der Waals surface area contributed by atoms with Crippen LogP contribution in [0.25, 0.3) is 0 Å². The fourth-order valence-corrected chi connectivity index (χ4v) is 3.14. The zero-order valence-electron chi connectivity index (χ0n) is 13.4. The van der Waals surface area contributed by atoms with E-state index < -0.39 is 0 Å². The molecule has 118 valence electrons. The van der Waals surface area contributed by atoms with Crippen LogP contribution in [-0.2, 0) is 7.05 Å². The topological polar surface area (TPSA) is 56.0 Å². The van der Waals surface area contributed by atoms with Gasteiger partial charge in [0.05, 0.1) is 0 Å². The first kappa shape index (κ1) is 14.8. The molecule has 1 aliphatic rings. The zero-order chi connectivity index (χ0) is 15.7. The van der Waals surface area contributed by atoms with Crippen LogP contribution in [0.5, 0.6) is 0 Å². The highest BCUT2D eigenvalue weighted by atomic mass is 16.2. The van der Waals surface area contributed by atoms with Gasteiger partial charge in [-0.05, 0) is 32.8 Å². The van der Waals surface area contributed by atoms with Gasteiger partial charge in [0.2, 0.25) is 0 Å². The molecule has 0 saturated carbocycles. The van der Waals surface area contributed by atoms with E-state index in [-0.39, 0.29) is 5.91 Å². The lowest BCUT2D eigenvalue weighted by atomic mass is 9.96. The number of hydrogen-bond acceptors (Lipinski definition) is 3. The van der Waals surface area contributed by atoms with Crippen LogP contribution in [-0.4, -0.2) is 43.2 Å². The normalized spacial score (nSPS) is 18.9. The number of aryl methyl sites for hydroxylation is 1. The quantitative estimate of drug-likeness (QED) is 0.873. The number of nitrogens with zero attached hydrogens (tertiary/aromatic N) is 5. The van der Waals surface area contributed by atoms with E-state index in [0.717, 1.165) is 31.8 Å². The van der Waals surface area contributed by atoms with Gasteiger partial charge < -0.3 is 9.47 Å². The second kappa shape index (κ2) is 5.94. The van der Waals surface area contributed by atoms with E-state index in [0.29, 0.717) is 17.7 Å². The van der Waals surface area contributed by atoms with E-state index in [2.05, 4.69) is 28.5 Å². The van der Waals surface area contributed by atoms with Crippen LogP contribution in [0.1, 0.15) is 55.0 Å². The fraction of sp³-hybridized carbons (Fsp3) is 0.562. The summed E-state index contributed by atoms with van der Waals surface area (Å²) in [6, 6.07) is 2.17.